The summed E-state index contributed by atoms with van der Waals surface area (Å²) in [5.41, 5.74) is 3.12. The first kappa shape index (κ1) is 9.72. The molecule has 0 bridgehead atoms. The highest BCUT2D eigenvalue weighted by Gasteiger charge is 2.18. The lowest BCUT2D eigenvalue weighted by Gasteiger charge is -2.17. The van der Waals surface area contributed by atoms with E-state index in [1.165, 1.54) is 21.2 Å². The molecule has 0 nitrogen and oxygen atoms in total. The van der Waals surface area contributed by atoms with Crippen LogP contribution in [0.15, 0.2) is 23.6 Å². The van der Waals surface area contributed by atoms with E-state index in [1.807, 2.05) is 11.3 Å². The molecule has 0 radical (unpaired) electrons. The Balaban J connectivity index is 2.76. The highest BCUT2D eigenvalue weighted by atomic mass is 32.1. The SMILES string of the molecule is Cc1cccc2c(C(C)(C)C)csc12. The van der Waals surface area contributed by atoms with E-state index in [1.54, 1.807) is 0 Å². The Morgan fingerprint density at radius 1 is 1.14 bits per heavy atom. The van der Waals surface area contributed by atoms with E-state index in [9.17, 15) is 0 Å². The van der Waals surface area contributed by atoms with E-state index in [0.717, 1.165) is 0 Å². The molecule has 74 valence electrons. The molecule has 1 aromatic carbocycles. The Kier molecular flexibility index (Phi) is 2.15. The fraction of sp³-hybridized carbons (Fsp3) is 0.385. The minimum Gasteiger partial charge on any atom is -0.143 e. The van der Waals surface area contributed by atoms with E-state index < -0.39 is 0 Å². The molecule has 2 aromatic rings. The Labute approximate surface area is 89.6 Å². The number of thiophene rings is 1. The Bertz CT molecular complexity index is 458. The molecule has 1 heterocycles. The first-order chi connectivity index (χ1) is 6.50. The van der Waals surface area contributed by atoms with E-state index in [4.69, 9.17) is 0 Å². The highest BCUT2D eigenvalue weighted by Crippen LogP contribution is 2.35. The number of benzene rings is 1. The Hall–Kier alpha value is -0.820. The molecular formula is C13H16S. The molecule has 2 rings (SSSR count). The predicted molar refractivity (Wildman–Crippen MR) is 65.3 cm³/mol. The van der Waals surface area contributed by atoms with Crippen LogP contribution in [0.4, 0.5) is 0 Å². The van der Waals surface area contributed by atoms with Gasteiger partial charge in [-0.25, -0.2) is 0 Å². The standard InChI is InChI=1S/C13H16S/c1-9-6-5-7-10-11(13(2,3)4)8-14-12(9)10/h5-8H,1-4H3. The zero-order valence-corrected chi connectivity index (χ0v) is 10.0. The number of hydrogen-bond donors (Lipinski definition) is 0. The lowest BCUT2D eigenvalue weighted by molar-refractivity contribution is 0.598. The van der Waals surface area contributed by atoms with Gasteiger partial charge in [0.15, 0.2) is 0 Å². The maximum absolute atomic E-state index is 2.30. The van der Waals surface area contributed by atoms with E-state index >= 15 is 0 Å². The first-order valence-corrected chi connectivity index (χ1v) is 5.85. The Morgan fingerprint density at radius 3 is 2.50 bits per heavy atom. The predicted octanol–water partition coefficient (Wildman–Crippen LogP) is 4.51. The van der Waals surface area contributed by atoms with Crippen molar-refractivity contribution in [2.45, 2.75) is 33.1 Å². The van der Waals surface area contributed by atoms with Crippen LogP contribution in [-0.2, 0) is 5.41 Å². The third kappa shape index (κ3) is 1.46. The average Bonchev–Trinajstić information content (AvgIpc) is 2.47. The second-order valence-corrected chi connectivity index (χ2v) is 5.73. The first-order valence-electron chi connectivity index (χ1n) is 4.97. The van der Waals surface area contributed by atoms with E-state index in [2.05, 4.69) is 51.3 Å². The molecule has 0 aliphatic rings. The van der Waals surface area contributed by atoms with Crippen molar-refractivity contribution in [1.82, 2.24) is 0 Å². The van der Waals surface area contributed by atoms with Crippen LogP contribution < -0.4 is 0 Å². The number of hydrogen-bond acceptors (Lipinski definition) is 1. The van der Waals surface area contributed by atoms with Gasteiger partial charge in [0.25, 0.3) is 0 Å². The van der Waals surface area contributed by atoms with Gasteiger partial charge in [-0.1, -0.05) is 39.0 Å². The van der Waals surface area contributed by atoms with Gasteiger partial charge in [0.05, 0.1) is 0 Å². The van der Waals surface area contributed by atoms with Crippen molar-refractivity contribution in [3.63, 3.8) is 0 Å². The zero-order chi connectivity index (χ0) is 10.3. The van der Waals surface area contributed by atoms with Crippen LogP contribution >= 0.6 is 11.3 Å². The van der Waals surface area contributed by atoms with Gasteiger partial charge < -0.3 is 0 Å². The van der Waals surface area contributed by atoms with Crippen LogP contribution in [0.25, 0.3) is 10.1 Å². The monoisotopic (exact) mass is 204 g/mol. The molecule has 1 heteroatoms. The maximum atomic E-state index is 2.30. The average molecular weight is 204 g/mol. The van der Waals surface area contributed by atoms with Crippen molar-refractivity contribution in [1.29, 1.82) is 0 Å². The summed E-state index contributed by atoms with van der Waals surface area (Å²) >= 11 is 1.87. The topological polar surface area (TPSA) is 0 Å². The van der Waals surface area contributed by atoms with Crippen molar-refractivity contribution >= 4 is 21.4 Å². The fourth-order valence-electron chi connectivity index (χ4n) is 1.78. The van der Waals surface area contributed by atoms with E-state index in [-0.39, 0.29) is 5.41 Å². The molecule has 1 aromatic heterocycles. The van der Waals surface area contributed by atoms with E-state index in [0.29, 0.717) is 0 Å². The molecule has 14 heavy (non-hydrogen) atoms. The van der Waals surface area contributed by atoms with Gasteiger partial charge in [-0.3, -0.25) is 0 Å². The van der Waals surface area contributed by atoms with Gasteiger partial charge in [-0.15, -0.1) is 11.3 Å². The molecule has 0 aliphatic heterocycles. The summed E-state index contributed by atoms with van der Waals surface area (Å²) in [6.07, 6.45) is 0. The molecule has 0 saturated heterocycles. The smallest absolute Gasteiger partial charge is 0.0374 e. The van der Waals surface area contributed by atoms with Crippen LogP contribution in [0.2, 0.25) is 0 Å². The molecule has 0 fully saturated rings. The quantitative estimate of drug-likeness (QED) is 0.592. The summed E-state index contributed by atoms with van der Waals surface area (Å²) < 4.78 is 1.44. The number of aryl methyl sites for hydroxylation is 1. The number of rotatable bonds is 0. The lowest BCUT2D eigenvalue weighted by atomic mass is 9.87. The molecule has 0 spiro atoms. The normalized spacial score (nSPS) is 12.3. The zero-order valence-electron chi connectivity index (χ0n) is 9.22. The summed E-state index contributed by atoms with van der Waals surface area (Å²) in [4.78, 5) is 0. The van der Waals surface area contributed by atoms with Crippen molar-refractivity contribution in [2.24, 2.45) is 0 Å². The van der Waals surface area contributed by atoms with Gasteiger partial charge >= 0.3 is 0 Å². The Morgan fingerprint density at radius 2 is 1.86 bits per heavy atom. The van der Waals surface area contributed by atoms with Crippen molar-refractivity contribution in [2.75, 3.05) is 0 Å². The van der Waals surface area contributed by atoms with Crippen LogP contribution in [-0.4, -0.2) is 0 Å². The molecular weight excluding hydrogens is 188 g/mol. The van der Waals surface area contributed by atoms with Crippen LogP contribution in [0.1, 0.15) is 31.9 Å². The molecule has 0 unspecified atom stereocenters. The third-order valence-electron chi connectivity index (χ3n) is 2.60. The van der Waals surface area contributed by atoms with Crippen molar-refractivity contribution in [3.05, 3.63) is 34.7 Å². The maximum Gasteiger partial charge on any atom is 0.0374 e. The summed E-state index contributed by atoms with van der Waals surface area (Å²) in [7, 11) is 0. The van der Waals surface area contributed by atoms with Crippen LogP contribution in [0.5, 0.6) is 0 Å². The largest absolute Gasteiger partial charge is 0.143 e. The van der Waals surface area contributed by atoms with Crippen molar-refractivity contribution in [3.8, 4) is 0 Å². The fourth-order valence-corrected chi connectivity index (χ4v) is 3.06. The highest BCUT2D eigenvalue weighted by molar-refractivity contribution is 7.17. The van der Waals surface area contributed by atoms with Gasteiger partial charge in [0, 0.05) is 4.70 Å². The van der Waals surface area contributed by atoms with Crippen molar-refractivity contribution < 1.29 is 0 Å². The minimum atomic E-state index is 0.256. The second-order valence-electron chi connectivity index (χ2n) is 4.85. The van der Waals surface area contributed by atoms with Crippen LogP contribution in [0, 0.1) is 6.92 Å². The minimum absolute atomic E-state index is 0.256. The van der Waals surface area contributed by atoms with Gasteiger partial charge in [-0.2, -0.15) is 0 Å². The second kappa shape index (κ2) is 3.09. The summed E-state index contributed by atoms with van der Waals surface area (Å²) in [6.45, 7) is 9.01. The molecule has 0 atom stereocenters. The molecule has 0 amide bonds. The lowest BCUT2D eigenvalue weighted by Crippen LogP contribution is -2.09. The molecule has 0 N–H and O–H groups in total. The number of fused-ring (bicyclic) bond motifs is 1. The van der Waals surface area contributed by atoms with Gasteiger partial charge in [-0.05, 0) is 34.2 Å². The van der Waals surface area contributed by atoms with Crippen LogP contribution in [0.3, 0.4) is 0 Å². The third-order valence-corrected chi connectivity index (χ3v) is 3.74. The van der Waals surface area contributed by atoms with Gasteiger partial charge in [0.2, 0.25) is 0 Å². The summed E-state index contributed by atoms with van der Waals surface area (Å²) in [5, 5.41) is 3.74. The van der Waals surface area contributed by atoms with Gasteiger partial charge in [0.1, 0.15) is 0 Å². The summed E-state index contributed by atoms with van der Waals surface area (Å²) in [6, 6.07) is 6.57. The molecule has 0 saturated carbocycles. The summed E-state index contributed by atoms with van der Waals surface area (Å²) in [5.74, 6) is 0. The molecule has 0 aliphatic carbocycles.